The van der Waals surface area contributed by atoms with Crippen LogP contribution in [0, 0.1) is 11.6 Å². The van der Waals surface area contributed by atoms with Crippen LogP contribution in [0.15, 0.2) is 42.5 Å². The fraction of sp³-hybridized carbons (Fsp3) is 0.211. The van der Waals surface area contributed by atoms with Gasteiger partial charge in [0.1, 0.15) is 23.7 Å². The second-order valence-electron chi connectivity index (χ2n) is 6.48. The first-order chi connectivity index (χ1) is 13.2. The van der Waals surface area contributed by atoms with Crippen LogP contribution >= 0.6 is 11.6 Å². The zero-order chi connectivity index (χ0) is 20.5. The second kappa shape index (κ2) is 7.55. The molecule has 0 unspecified atom stereocenters. The largest absolute Gasteiger partial charge is 0.350 e. The zero-order valence-electron chi connectivity index (χ0n) is 14.8. The molecule has 2 N–H and O–H groups in total. The van der Waals surface area contributed by atoms with E-state index in [-0.39, 0.29) is 12.1 Å². The number of hydrogen-bond acceptors (Lipinski definition) is 3. The zero-order valence-corrected chi connectivity index (χ0v) is 15.5. The summed E-state index contributed by atoms with van der Waals surface area (Å²) >= 11 is 5.87. The Morgan fingerprint density at radius 2 is 1.96 bits per heavy atom. The van der Waals surface area contributed by atoms with E-state index in [9.17, 15) is 23.2 Å². The van der Waals surface area contributed by atoms with E-state index < -0.39 is 41.6 Å². The Balaban J connectivity index is 1.71. The lowest BCUT2D eigenvalue weighted by Crippen LogP contribution is -2.43. The number of nitrogens with zero attached hydrogens (tertiary/aromatic N) is 1. The molecule has 0 radical (unpaired) electrons. The second-order valence-corrected chi connectivity index (χ2v) is 6.91. The Kier molecular flexibility index (Phi) is 5.33. The molecule has 0 aliphatic carbocycles. The minimum absolute atomic E-state index is 0.152. The monoisotopic (exact) mass is 407 g/mol. The number of benzene rings is 2. The average Bonchev–Trinajstić information content (AvgIpc) is 2.86. The Bertz CT molecular complexity index is 969. The highest BCUT2D eigenvalue weighted by molar-refractivity contribution is 6.30. The molecule has 2 aromatic carbocycles. The topological polar surface area (TPSA) is 78.5 Å². The first-order valence-electron chi connectivity index (χ1n) is 8.31. The molecule has 1 aliphatic heterocycles. The van der Waals surface area contributed by atoms with E-state index in [1.165, 1.54) is 6.92 Å². The molecule has 0 saturated carbocycles. The fourth-order valence-corrected chi connectivity index (χ4v) is 3.16. The number of imide groups is 1. The molecule has 146 valence electrons. The molecule has 1 fully saturated rings. The van der Waals surface area contributed by atoms with Gasteiger partial charge in [0.05, 0.1) is 0 Å². The van der Waals surface area contributed by atoms with Gasteiger partial charge in [-0.05, 0) is 42.8 Å². The van der Waals surface area contributed by atoms with E-state index in [4.69, 9.17) is 11.6 Å². The van der Waals surface area contributed by atoms with Crippen molar-refractivity contribution in [2.24, 2.45) is 0 Å². The number of urea groups is 1. The minimum Gasteiger partial charge on any atom is -0.350 e. The van der Waals surface area contributed by atoms with Gasteiger partial charge in [-0.3, -0.25) is 14.5 Å². The molecule has 1 heterocycles. The van der Waals surface area contributed by atoms with Crippen LogP contribution in [0.5, 0.6) is 0 Å². The maximum atomic E-state index is 14.1. The third-order valence-electron chi connectivity index (χ3n) is 4.42. The van der Waals surface area contributed by atoms with Gasteiger partial charge in [0.2, 0.25) is 5.91 Å². The lowest BCUT2D eigenvalue weighted by Gasteiger charge is -2.22. The van der Waals surface area contributed by atoms with Crippen LogP contribution in [0.2, 0.25) is 5.02 Å². The summed E-state index contributed by atoms with van der Waals surface area (Å²) in [5.74, 6) is -3.03. The smallest absolute Gasteiger partial charge is 0.325 e. The number of carbonyl (C=O) groups is 3. The van der Waals surface area contributed by atoms with Gasteiger partial charge >= 0.3 is 6.03 Å². The van der Waals surface area contributed by atoms with Crippen molar-refractivity contribution in [3.05, 3.63) is 70.2 Å². The van der Waals surface area contributed by atoms with Crippen molar-refractivity contribution in [1.82, 2.24) is 15.5 Å². The fourth-order valence-electron chi connectivity index (χ4n) is 2.95. The summed E-state index contributed by atoms with van der Waals surface area (Å²) in [5, 5.41) is 5.42. The van der Waals surface area contributed by atoms with Crippen LogP contribution in [0.4, 0.5) is 13.6 Å². The molecule has 0 aromatic heterocycles. The highest BCUT2D eigenvalue weighted by Gasteiger charge is 2.50. The van der Waals surface area contributed by atoms with Gasteiger partial charge in [0.25, 0.3) is 5.91 Å². The normalized spacial score (nSPS) is 18.9. The molecule has 6 nitrogen and oxygen atoms in total. The summed E-state index contributed by atoms with van der Waals surface area (Å²) in [7, 11) is 0. The lowest BCUT2D eigenvalue weighted by atomic mass is 9.91. The van der Waals surface area contributed by atoms with E-state index >= 15 is 0 Å². The molecule has 4 amide bonds. The lowest BCUT2D eigenvalue weighted by molar-refractivity contribution is -0.134. The average molecular weight is 408 g/mol. The van der Waals surface area contributed by atoms with Crippen LogP contribution in [0.3, 0.4) is 0 Å². The third kappa shape index (κ3) is 3.82. The van der Waals surface area contributed by atoms with Crippen molar-refractivity contribution in [3.8, 4) is 0 Å². The van der Waals surface area contributed by atoms with Crippen molar-refractivity contribution in [2.75, 3.05) is 6.54 Å². The molecule has 9 heteroatoms. The van der Waals surface area contributed by atoms with Crippen LogP contribution in [-0.2, 0) is 21.7 Å². The summed E-state index contributed by atoms with van der Waals surface area (Å²) in [6.45, 7) is 0.853. The first kappa shape index (κ1) is 19.8. The van der Waals surface area contributed by atoms with Gasteiger partial charge in [-0.2, -0.15) is 0 Å². The molecule has 0 spiro atoms. The van der Waals surface area contributed by atoms with Crippen molar-refractivity contribution >= 4 is 29.4 Å². The van der Waals surface area contributed by atoms with E-state index in [2.05, 4.69) is 10.6 Å². The number of amides is 4. The molecule has 28 heavy (non-hydrogen) atoms. The van der Waals surface area contributed by atoms with Crippen LogP contribution in [-0.4, -0.2) is 29.3 Å². The van der Waals surface area contributed by atoms with E-state index in [1.807, 2.05) is 0 Å². The SMILES string of the molecule is C[C@]1(c2cc(F)ccc2F)NC(=O)N(CC(=O)NCc2cccc(Cl)c2)C1=O. The first-order valence-corrected chi connectivity index (χ1v) is 8.69. The number of carbonyl (C=O) groups excluding carboxylic acids is 3. The van der Waals surface area contributed by atoms with E-state index in [0.29, 0.717) is 9.92 Å². The van der Waals surface area contributed by atoms with E-state index in [0.717, 1.165) is 23.8 Å². The molecule has 1 atom stereocenters. The van der Waals surface area contributed by atoms with Crippen LogP contribution in [0.1, 0.15) is 18.1 Å². The van der Waals surface area contributed by atoms with Crippen molar-refractivity contribution in [1.29, 1.82) is 0 Å². The number of nitrogens with one attached hydrogen (secondary N) is 2. The third-order valence-corrected chi connectivity index (χ3v) is 4.66. The highest BCUT2D eigenvalue weighted by Crippen LogP contribution is 2.31. The van der Waals surface area contributed by atoms with Crippen molar-refractivity contribution in [2.45, 2.75) is 19.0 Å². The molecular formula is C19H16ClF2N3O3. The Labute approximate surface area is 164 Å². The maximum absolute atomic E-state index is 14.1. The number of rotatable bonds is 5. The quantitative estimate of drug-likeness (QED) is 0.748. The summed E-state index contributed by atoms with van der Waals surface area (Å²) in [5.41, 5.74) is -1.38. The summed E-state index contributed by atoms with van der Waals surface area (Å²) in [6, 6.07) is 8.58. The minimum atomic E-state index is -1.81. The van der Waals surface area contributed by atoms with Gasteiger partial charge < -0.3 is 10.6 Å². The van der Waals surface area contributed by atoms with Crippen molar-refractivity contribution < 1.29 is 23.2 Å². The standard InChI is InChI=1S/C19H16ClF2N3O3/c1-19(14-8-13(21)5-6-15(14)22)17(27)25(18(28)24-19)10-16(26)23-9-11-3-2-4-12(20)7-11/h2-8H,9-10H2,1H3,(H,23,26)(H,24,28)/t19-/m1/s1. The maximum Gasteiger partial charge on any atom is 0.325 e. The van der Waals surface area contributed by atoms with Gasteiger partial charge in [-0.1, -0.05) is 23.7 Å². The molecule has 2 aromatic rings. The molecule has 1 aliphatic rings. The van der Waals surface area contributed by atoms with Crippen molar-refractivity contribution in [3.63, 3.8) is 0 Å². The molecule has 1 saturated heterocycles. The van der Waals surface area contributed by atoms with Crippen LogP contribution in [0.25, 0.3) is 0 Å². The number of hydrogen-bond donors (Lipinski definition) is 2. The Hall–Kier alpha value is -3.00. The predicted octanol–water partition coefficient (Wildman–Crippen LogP) is 2.70. The van der Waals surface area contributed by atoms with Gasteiger partial charge in [-0.25, -0.2) is 13.6 Å². The highest BCUT2D eigenvalue weighted by atomic mass is 35.5. The Morgan fingerprint density at radius 3 is 2.68 bits per heavy atom. The summed E-state index contributed by atoms with van der Waals surface area (Å²) in [6.07, 6.45) is 0. The van der Waals surface area contributed by atoms with Gasteiger partial charge in [0.15, 0.2) is 0 Å². The van der Waals surface area contributed by atoms with Gasteiger partial charge in [-0.15, -0.1) is 0 Å². The molecule has 0 bridgehead atoms. The summed E-state index contributed by atoms with van der Waals surface area (Å²) in [4.78, 5) is 37.7. The van der Waals surface area contributed by atoms with E-state index in [1.54, 1.807) is 24.3 Å². The molecular weight excluding hydrogens is 392 g/mol. The Morgan fingerprint density at radius 1 is 1.21 bits per heavy atom. The van der Waals surface area contributed by atoms with Gasteiger partial charge in [0, 0.05) is 17.1 Å². The summed E-state index contributed by atoms with van der Waals surface area (Å²) < 4.78 is 27.6. The molecule has 3 rings (SSSR count). The van der Waals surface area contributed by atoms with Crippen LogP contribution < -0.4 is 10.6 Å². The number of halogens is 3. The predicted molar refractivity (Wildman–Crippen MR) is 97.3 cm³/mol.